The number of hydrogen-bond acceptors (Lipinski definition) is 5. The largest absolute Gasteiger partial charge is 0.372 e. The van der Waals surface area contributed by atoms with E-state index in [1.165, 1.54) is 44.1 Å². The molecule has 1 saturated heterocycles. The van der Waals surface area contributed by atoms with Crippen molar-refractivity contribution in [1.82, 2.24) is 15.3 Å². The summed E-state index contributed by atoms with van der Waals surface area (Å²) in [5, 5.41) is 6.37. The first-order chi connectivity index (χ1) is 13.3. The van der Waals surface area contributed by atoms with E-state index in [1.807, 2.05) is 0 Å². The second-order valence-electron chi connectivity index (χ2n) is 7.46. The average molecular weight is 365 g/mol. The van der Waals surface area contributed by atoms with E-state index in [0.717, 1.165) is 31.6 Å². The third kappa shape index (κ3) is 4.56. The quantitative estimate of drug-likeness (QED) is 0.841. The van der Waals surface area contributed by atoms with Crippen LogP contribution >= 0.6 is 0 Å². The second kappa shape index (κ2) is 8.37. The highest BCUT2D eigenvalue weighted by Crippen LogP contribution is 2.23. The highest BCUT2D eigenvalue weighted by molar-refractivity contribution is 5.93. The van der Waals surface area contributed by atoms with Crippen molar-refractivity contribution in [3.05, 3.63) is 42.4 Å². The summed E-state index contributed by atoms with van der Waals surface area (Å²) < 4.78 is 0. The van der Waals surface area contributed by atoms with Gasteiger partial charge in [-0.3, -0.25) is 4.79 Å². The van der Waals surface area contributed by atoms with Gasteiger partial charge in [0.2, 0.25) is 0 Å². The Morgan fingerprint density at radius 2 is 1.70 bits per heavy atom. The monoisotopic (exact) mass is 365 g/mol. The molecule has 2 N–H and O–H groups in total. The lowest BCUT2D eigenvalue weighted by Crippen LogP contribution is -2.36. The molecule has 1 aliphatic carbocycles. The van der Waals surface area contributed by atoms with Crippen LogP contribution in [0.25, 0.3) is 0 Å². The van der Waals surface area contributed by atoms with Gasteiger partial charge in [-0.25, -0.2) is 9.97 Å². The number of carbonyl (C=O) groups excluding carboxylic acids is 1. The molecule has 1 aromatic carbocycles. The first kappa shape index (κ1) is 17.8. The molecule has 2 fully saturated rings. The van der Waals surface area contributed by atoms with E-state index < -0.39 is 0 Å². The Balaban J connectivity index is 1.39. The first-order valence-corrected chi connectivity index (χ1v) is 10.0. The maximum Gasteiger partial charge on any atom is 0.270 e. The molecule has 1 amide bonds. The van der Waals surface area contributed by atoms with Crippen LogP contribution in [0.15, 0.2) is 36.7 Å². The molecule has 27 heavy (non-hydrogen) atoms. The number of hydrogen-bond donors (Lipinski definition) is 2. The summed E-state index contributed by atoms with van der Waals surface area (Å²) in [5.74, 6) is 0.518. The fraction of sp³-hybridized carbons (Fsp3) is 0.476. The molecular formula is C21H27N5O. The normalized spacial score (nSPS) is 17.7. The predicted octanol–water partition coefficient (Wildman–Crippen LogP) is 3.88. The average Bonchev–Trinajstić information content (AvgIpc) is 3.24. The van der Waals surface area contributed by atoms with Crippen LogP contribution in [0, 0.1) is 0 Å². The summed E-state index contributed by atoms with van der Waals surface area (Å²) in [6.07, 6.45) is 9.75. The van der Waals surface area contributed by atoms with E-state index >= 15 is 0 Å². The molecule has 2 aliphatic rings. The van der Waals surface area contributed by atoms with Crippen LogP contribution in [-0.2, 0) is 0 Å². The molecule has 0 spiro atoms. The minimum absolute atomic E-state index is 0.114. The Hall–Kier alpha value is -2.63. The molecule has 1 aromatic heterocycles. The molecule has 2 heterocycles. The summed E-state index contributed by atoms with van der Waals surface area (Å²) >= 11 is 0. The standard InChI is InChI=1S/C21H27N5O/c27-21(25-16-6-2-1-3-7-16)19-14-20(23-15-22-19)24-17-8-10-18(11-9-17)26-12-4-5-13-26/h8-11,14-16H,1-7,12-13H2,(H,25,27)(H,22,23,24). The van der Waals surface area contributed by atoms with Gasteiger partial charge < -0.3 is 15.5 Å². The lowest BCUT2D eigenvalue weighted by Gasteiger charge is -2.22. The van der Waals surface area contributed by atoms with Crippen LogP contribution < -0.4 is 15.5 Å². The zero-order chi connectivity index (χ0) is 18.5. The van der Waals surface area contributed by atoms with E-state index in [2.05, 4.69) is 49.8 Å². The van der Waals surface area contributed by atoms with Gasteiger partial charge in [-0.2, -0.15) is 0 Å². The fourth-order valence-corrected chi connectivity index (χ4v) is 3.93. The Morgan fingerprint density at radius 1 is 0.963 bits per heavy atom. The van der Waals surface area contributed by atoms with Gasteiger partial charge in [-0.05, 0) is 49.9 Å². The van der Waals surface area contributed by atoms with Crippen LogP contribution in [0.4, 0.5) is 17.2 Å². The minimum atomic E-state index is -0.114. The molecule has 6 nitrogen and oxygen atoms in total. The van der Waals surface area contributed by atoms with E-state index in [-0.39, 0.29) is 11.9 Å². The number of anilines is 3. The van der Waals surface area contributed by atoms with Crippen molar-refractivity contribution in [3.8, 4) is 0 Å². The molecule has 2 aromatic rings. The fourth-order valence-electron chi connectivity index (χ4n) is 3.93. The SMILES string of the molecule is O=C(NC1CCCCC1)c1cc(Nc2ccc(N3CCCC3)cc2)ncn1. The Morgan fingerprint density at radius 3 is 2.44 bits per heavy atom. The van der Waals surface area contributed by atoms with E-state index in [9.17, 15) is 4.79 Å². The van der Waals surface area contributed by atoms with Crippen LogP contribution in [0.5, 0.6) is 0 Å². The van der Waals surface area contributed by atoms with Gasteiger partial charge in [-0.1, -0.05) is 19.3 Å². The summed E-state index contributed by atoms with van der Waals surface area (Å²) in [5.41, 5.74) is 2.62. The smallest absolute Gasteiger partial charge is 0.270 e. The molecule has 4 rings (SSSR count). The minimum Gasteiger partial charge on any atom is -0.372 e. The van der Waals surface area contributed by atoms with Crippen molar-refractivity contribution < 1.29 is 4.79 Å². The summed E-state index contributed by atoms with van der Waals surface area (Å²) in [6, 6.07) is 10.4. The summed E-state index contributed by atoms with van der Waals surface area (Å²) in [6.45, 7) is 2.27. The number of nitrogens with one attached hydrogen (secondary N) is 2. The molecule has 6 heteroatoms. The highest BCUT2D eigenvalue weighted by Gasteiger charge is 2.18. The number of benzene rings is 1. The van der Waals surface area contributed by atoms with Crippen LogP contribution in [0.3, 0.4) is 0 Å². The Bertz CT molecular complexity index is 764. The van der Waals surface area contributed by atoms with Gasteiger partial charge in [0.15, 0.2) is 0 Å². The molecule has 1 aliphatic heterocycles. The molecular weight excluding hydrogens is 338 g/mol. The van der Waals surface area contributed by atoms with Gasteiger partial charge in [0.05, 0.1) is 0 Å². The van der Waals surface area contributed by atoms with Gasteiger partial charge in [0, 0.05) is 36.6 Å². The predicted molar refractivity (Wildman–Crippen MR) is 108 cm³/mol. The Labute approximate surface area is 160 Å². The maximum atomic E-state index is 12.5. The van der Waals surface area contributed by atoms with E-state index in [1.54, 1.807) is 6.07 Å². The number of carbonyl (C=O) groups is 1. The van der Waals surface area contributed by atoms with Crippen molar-refractivity contribution >= 4 is 23.1 Å². The van der Waals surface area contributed by atoms with Gasteiger partial charge in [-0.15, -0.1) is 0 Å². The zero-order valence-electron chi connectivity index (χ0n) is 15.7. The van der Waals surface area contributed by atoms with Gasteiger partial charge in [0.1, 0.15) is 17.8 Å². The molecule has 0 atom stereocenters. The molecule has 1 saturated carbocycles. The third-order valence-corrected chi connectivity index (χ3v) is 5.45. The maximum absolute atomic E-state index is 12.5. The highest BCUT2D eigenvalue weighted by atomic mass is 16.1. The number of rotatable bonds is 5. The molecule has 0 radical (unpaired) electrons. The first-order valence-electron chi connectivity index (χ1n) is 10.0. The summed E-state index contributed by atoms with van der Waals surface area (Å²) in [4.78, 5) is 23.3. The van der Waals surface area contributed by atoms with Crippen molar-refractivity contribution in [3.63, 3.8) is 0 Å². The number of nitrogens with zero attached hydrogens (tertiary/aromatic N) is 3. The Kier molecular flexibility index (Phi) is 5.51. The molecule has 0 bridgehead atoms. The molecule has 0 unspecified atom stereocenters. The van der Waals surface area contributed by atoms with Crippen molar-refractivity contribution in [1.29, 1.82) is 0 Å². The van der Waals surface area contributed by atoms with Crippen LogP contribution in [0.2, 0.25) is 0 Å². The van der Waals surface area contributed by atoms with Crippen molar-refractivity contribution in [2.75, 3.05) is 23.3 Å². The van der Waals surface area contributed by atoms with Crippen molar-refractivity contribution in [2.24, 2.45) is 0 Å². The van der Waals surface area contributed by atoms with E-state index in [4.69, 9.17) is 0 Å². The third-order valence-electron chi connectivity index (χ3n) is 5.45. The lowest BCUT2D eigenvalue weighted by molar-refractivity contribution is 0.0922. The number of aromatic nitrogens is 2. The van der Waals surface area contributed by atoms with Crippen LogP contribution in [-0.4, -0.2) is 35.0 Å². The van der Waals surface area contributed by atoms with Crippen molar-refractivity contribution in [2.45, 2.75) is 51.0 Å². The zero-order valence-corrected chi connectivity index (χ0v) is 15.7. The van der Waals surface area contributed by atoms with Crippen LogP contribution in [0.1, 0.15) is 55.4 Å². The second-order valence-corrected chi connectivity index (χ2v) is 7.46. The molecule has 142 valence electrons. The van der Waals surface area contributed by atoms with Gasteiger partial charge >= 0.3 is 0 Å². The lowest BCUT2D eigenvalue weighted by atomic mass is 9.95. The van der Waals surface area contributed by atoms with Gasteiger partial charge in [0.25, 0.3) is 5.91 Å². The van der Waals surface area contributed by atoms with E-state index in [0.29, 0.717) is 11.5 Å². The topological polar surface area (TPSA) is 70.2 Å². The number of amides is 1. The summed E-state index contributed by atoms with van der Waals surface area (Å²) in [7, 11) is 0.